The van der Waals surface area contributed by atoms with Gasteiger partial charge in [0.05, 0.1) is 0 Å². The minimum Gasteiger partial charge on any atom is -0.371 e. The van der Waals surface area contributed by atoms with E-state index < -0.39 is 0 Å². The molecule has 0 bridgehead atoms. The highest BCUT2D eigenvalue weighted by Gasteiger charge is 2.32. The lowest BCUT2D eigenvalue weighted by Crippen LogP contribution is -2.41. The van der Waals surface area contributed by atoms with Crippen LogP contribution < -0.4 is 4.90 Å². The van der Waals surface area contributed by atoms with Crippen LogP contribution in [0.2, 0.25) is 0 Å². The van der Waals surface area contributed by atoms with Gasteiger partial charge < -0.3 is 4.90 Å². The molecule has 2 heteroatoms. The first-order valence-corrected chi connectivity index (χ1v) is 9.28. The number of hydrogen-bond acceptors (Lipinski definition) is 1. The van der Waals surface area contributed by atoms with Crippen LogP contribution in [0.15, 0.2) is 30.3 Å². The lowest BCUT2D eigenvalue weighted by molar-refractivity contribution is 0.229. The average molecular weight is 338 g/mol. The maximum atomic E-state index is 3.81. The van der Waals surface area contributed by atoms with E-state index in [4.69, 9.17) is 0 Å². The van der Waals surface area contributed by atoms with Gasteiger partial charge in [-0.1, -0.05) is 66.7 Å². The molecular weight excluding hydrogens is 310 g/mol. The van der Waals surface area contributed by atoms with E-state index in [2.05, 4.69) is 58.1 Å². The molecule has 1 aromatic carbocycles. The Bertz CT molecular complexity index is 370. The molecule has 0 radical (unpaired) electrons. The Balaban J connectivity index is 2.10. The number of benzene rings is 1. The van der Waals surface area contributed by atoms with Crippen LogP contribution in [0.1, 0.15) is 51.9 Å². The van der Waals surface area contributed by atoms with Crippen molar-refractivity contribution < 1.29 is 0 Å². The Morgan fingerprint density at radius 1 is 1.10 bits per heavy atom. The first kappa shape index (κ1) is 15.9. The second-order valence-electron chi connectivity index (χ2n) is 6.30. The number of anilines is 1. The van der Waals surface area contributed by atoms with Gasteiger partial charge in [0.2, 0.25) is 0 Å². The Morgan fingerprint density at radius 2 is 1.80 bits per heavy atom. The highest BCUT2D eigenvalue weighted by atomic mass is 79.9. The minimum atomic E-state index is 0.488. The summed E-state index contributed by atoms with van der Waals surface area (Å²) in [4.78, 5) is 2.62. The van der Waals surface area contributed by atoms with Gasteiger partial charge in [-0.15, -0.1) is 0 Å². The second kappa shape index (κ2) is 8.07. The molecule has 1 aliphatic rings. The summed E-state index contributed by atoms with van der Waals surface area (Å²) >= 11 is 3.81. The van der Waals surface area contributed by atoms with E-state index in [1.807, 2.05) is 0 Å². The van der Waals surface area contributed by atoms with Gasteiger partial charge in [0.1, 0.15) is 0 Å². The zero-order valence-corrected chi connectivity index (χ0v) is 14.4. The summed E-state index contributed by atoms with van der Waals surface area (Å²) in [5, 5.41) is 1.15. The van der Waals surface area contributed by atoms with Gasteiger partial charge in [0, 0.05) is 24.1 Å². The van der Waals surface area contributed by atoms with Gasteiger partial charge in [-0.25, -0.2) is 0 Å². The van der Waals surface area contributed by atoms with Crippen molar-refractivity contribution in [2.24, 2.45) is 5.41 Å². The molecule has 2 rings (SSSR count). The standard InChI is InChI=1S/C18H28BrN/c1-2-3-14-20(17-10-6-4-7-11-17)16-18(15-19)12-8-5-9-13-18/h4,6-7,10-11H,2-3,5,8-9,12-16H2,1H3. The van der Waals surface area contributed by atoms with Crippen LogP contribution >= 0.6 is 15.9 Å². The highest BCUT2D eigenvalue weighted by molar-refractivity contribution is 9.09. The van der Waals surface area contributed by atoms with Crippen molar-refractivity contribution in [3.63, 3.8) is 0 Å². The van der Waals surface area contributed by atoms with E-state index in [0.29, 0.717) is 5.41 Å². The van der Waals surface area contributed by atoms with Gasteiger partial charge in [0.25, 0.3) is 0 Å². The lowest BCUT2D eigenvalue weighted by Gasteiger charge is -2.41. The summed E-state index contributed by atoms with van der Waals surface area (Å²) in [7, 11) is 0. The van der Waals surface area contributed by atoms with Crippen LogP contribution in [0.25, 0.3) is 0 Å². The Kier molecular flexibility index (Phi) is 6.41. The van der Waals surface area contributed by atoms with Crippen LogP contribution in [0.5, 0.6) is 0 Å². The monoisotopic (exact) mass is 337 g/mol. The number of nitrogens with zero attached hydrogens (tertiary/aromatic N) is 1. The van der Waals surface area contributed by atoms with E-state index in [1.54, 1.807) is 0 Å². The fourth-order valence-corrected chi connectivity index (χ4v) is 4.07. The third kappa shape index (κ3) is 4.25. The molecule has 0 aromatic heterocycles. The summed E-state index contributed by atoms with van der Waals surface area (Å²) < 4.78 is 0. The molecular formula is C18H28BrN. The number of hydrogen-bond donors (Lipinski definition) is 0. The number of rotatable bonds is 7. The van der Waals surface area contributed by atoms with Crippen molar-refractivity contribution in [1.29, 1.82) is 0 Å². The fourth-order valence-electron chi connectivity index (χ4n) is 3.33. The molecule has 0 atom stereocenters. The third-order valence-electron chi connectivity index (χ3n) is 4.63. The Hall–Kier alpha value is -0.500. The molecule has 1 aromatic rings. The minimum absolute atomic E-state index is 0.488. The average Bonchev–Trinajstić information content (AvgIpc) is 2.53. The molecule has 0 aliphatic heterocycles. The van der Waals surface area contributed by atoms with Gasteiger partial charge in [-0.2, -0.15) is 0 Å². The largest absolute Gasteiger partial charge is 0.371 e. The van der Waals surface area contributed by atoms with Crippen molar-refractivity contribution in [3.8, 4) is 0 Å². The molecule has 0 heterocycles. The summed E-state index contributed by atoms with van der Waals surface area (Å²) in [6, 6.07) is 11.0. The quantitative estimate of drug-likeness (QED) is 0.582. The number of alkyl halides is 1. The van der Waals surface area contributed by atoms with E-state index in [9.17, 15) is 0 Å². The van der Waals surface area contributed by atoms with Crippen LogP contribution in [0.3, 0.4) is 0 Å². The van der Waals surface area contributed by atoms with Crippen molar-refractivity contribution in [2.45, 2.75) is 51.9 Å². The van der Waals surface area contributed by atoms with E-state index in [0.717, 1.165) is 5.33 Å². The van der Waals surface area contributed by atoms with Crippen LogP contribution in [-0.4, -0.2) is 18.4 Å². The molecule has 1 fully saturated rings. The van der Waals surface area contributed by atoms with Gasteiger partial charge in [-0.05, 0) is 36.8 Å². The maximum absolute atomic E-state index is 3.81. The van der Waals surface area contributed by atoms with Crippen molar-refractivity contribution >= 4 is 21.6 Å². The highest BCUT2D eigenvalue weighted by Crippen LogP contribution is 2.39. The van der Waals surface area contributed by atoms with Crippen molar-refractivity contribution in [2.75, 3.05) is 23.3 Å². The number of para-hydroxylation sites is 1. The molecule has 0 spiro atoms. The smallest absolute Gasteiger partial charge is 0.0366 e. The molecule has 1 nitrogen and oxygen atoms in total. The lowest BCUT2D eigenvalue weighted by atomic mass is 9.75. The molecule has 0 saturated heterocycles. The topological polar surface area (TPSA) is 3.24 Å². The molecule has 0 amide bonds. The molecule has 1 saturated carbocycles. The van der Waals surface area contributed by atoms with E-state index in [-0.39, 0.29) is 0 Å². The summed E-state index contributed by atoms with van der Waals surface area (Å²) in [5.41, 5.74) is 1.88. The van der Waals surface area contributed by atoms with Gasteiger partial charge in [-0.3, -0.25) is 0 Å². The first-order valence-electron chi connectivity index (χ1n) is 8.16. The fraction of sp³-hybridized carbons (Fsp3) is 0.667. The van der Waals surface area contributed by atoms with E-state index >= 15 is 0 Å². The van der Waals surface area contributed by atoms with Crippen LogP contribution in [0, 0.1) is 5.41 Å². The molecule has 20 heavy (non-hydrogen) atoms. The summed E-state index contributed by atoms with van der Waals surface area (Å²) in [5.74, 6) is 0. The maximum Gasteiger partial charge on any atom is 0.0366 e. The van der Waals surface area contributed by atoms with Crippen LogP contribution in [0.4, 0.5) is 5.69 Å². The normalized spacial score (nSPS) is 17.9. The van der Waals surface area contributed by atoms with Crippen LogP contribution in [-0.2, 0) is 0 Å². The first-order chi connectivity index (χ1) is 9.79. The van der Waals surface area contributed by atoms with Crippen molar-refractivity contribution in [1.82, 2.24) is 0 Å². The zero-order chi connectivity index (χ0) is 14.3. The summed E-state index contributed by atoms with van der Waals surface area (Å²) in [6.07, 6.45) is 9.55. The Morgan fingerprint density at radius 3 is 2.40 bits per heavy atom. The van der Waals surface area contributed by atoms with Crippen molar-refractivity contribution in [3.05, 3.63) is 30.3 Å². The van der Waals surface area contributed by atoms with E-state index in [1.165, 1.54) is 63.7 Å². The molecule has 112 valence electrons. The zero-order valence-electron chi connectivity index (χ0n) is 12.8. The predicted octanol–water partition coefficient (Wildman–Crippen LogP) is 5.64. The number of unbranched alkanes of at least 4 members (excludes halogenated alkanes) is 1. The SMILES string of the molecule is CCCCN(CC1(CBr)CCCCC1)c1ccccc1. The summed E-state index contributed by atoms with van der Waals surface area (Å²) in [6.45, 7) is 4.68. The van der Waals surface area contributed by atoms with Gasteiger partial charge in [0.15, 0.2) is 0 Å². The molecule has 1 aliphatic carbocycles. The second-order valence-corrected chi connectivity index (χ2v) is 6.87. The van der Waals surface area contributed by atoms with Gasteiger partial charge >= 0.3 is 0 Å². The molecule has 0 unspecified atom stereocenters. The predicted molar refractivity (Wildman–Crippen MR) is 92.9 cm³/mol. The third-order valence-corrected chi connectivity index (χ3v) is 5.82. The Labute approximate surface area is 132 Å². The number of halogens is 1. The molecule has 0 N–H and O–H groups in total.